The first-order valence-electron chi connectivity index (χ1n) is 6.77. The molecule has 23 heavy (non-hydrogen) atoms. The maximum absolute atomic E-state index is 12.3. The lowest BCUT2D eigenvalue weighted by Crippen LogP contribution is -2.28. The van der Waals surface area contributed by atoms with Crippen molar-refractivity contribution in [3.63, 3.8) is 0 Å². The molecule has 1 unspecified atom stereocenters. The summed E-state index contributed by atoms with van der Waals surface area (Å²) in [6.07, 6.45) is 1.08. The number of halogens is 1. The van der Waals surface area contributed by atoms with Gasteiger partial charge in [-0.2, -0.15) is 5.10 Å². The van der Waals surface area contributed by atoms with E-state index >= 15 is 0 Å². The molecule has 0 saturated heterocycles. The van der Waals surface area contributed by atoms with Crippen LogP contribution in [0.2, 0.25) is 0 Å². The van der Waals surface area contributed by atoms with Gasteiger partial charge in [-0.25, -0.2) is 8.42 Å². The first-order chi connectivity index (χ1) is 10.7. The SMILES string of the molecule is Cc1[nH]nc(C(=O)NC(C)c2ccccc2NS(C)(=O)=O)c1Br. The average Bonchev–Trinajstić information content (AvgIpc) is 2.77. The van der Waals surface area contributed by atoms with E-state index in [-0.39, 0.29) is 11.6 Å². The monoisotopic (exact) mass is 400 g/mol. The summed E-state index contributed by atoms with van der Waals surface area (Å²) in [5.41, 5.74) is 2.10. The lowest BCUT2D eigenvalue weighted by molar-refractivity contribution is 0.0934. The Morgan fingerprint density at radius 1 is 1.35 bits per heavy atom. The Balaban J connectivity index is 2.23. The van der Waals surface area contributed by atoms with Crippen LogP contribution in [0.5, 0.6) is 0 Å². The fourth-order valence-corrected chi connectivity index (χ4v) is 3.02. The van der Waals surface area contributed by atoms with Crippen molar-refractivity contribution in [2.75, 3.05) is 11.0 Å². The van der Waals surface area contributed by atoms with Crippen molar-refractivity contribution in [1.82, 2.24) is 15.5 Å². The Morgan fingerprint density at radius 2 is 2.00 bits per heavy atom. The quantitative estimate of drug-likeness (QED) is 0.716. The van der Waals surface area contributed by atoms with Crippen LogP contribution >= 0.6 is 15.9 Å². The number of carbonyl (C=O) groups is 1. The van der Waals surface area contributed by atoms with E-state index in [1.54, 1.807) is 38.1 Å². The number of aromatic nitrogens is 2. The van der Waals surface area contributed by atoms with Gasteiger partial charge in [0.05, 0.1) is 22.5 Å². The Labute approximate surface area is 143 Å². The van der Waals surface area contributed by atoms with Gasteiger partial charge in [-0.1, -0.05) is 18.2 Å². The molecule has 1 amide bonds. The van der Waals surface area contributed by atoms with E-state index < -0.39 is 16.1 Å². The lowest BCUT2D eigenvalue weighted by atomic mass is 10.1. The number of anilines is 1. The van der Waals surface area contributed by atoms with E-state index in [1.807, 2.05) is 0 Å². The Morgan fingerprint density at radius 3 is 2.57 bits per heavy atom. The van der Waals surface area contributed by atoms with Crippen molar-refractivity contribution in [2.45, 2.75) is 19.9 Å². The predicted molar refractivity (Wildman–Crippen MR) is 91.8 cm³/mol. The molecule has 124 valence electrons. The van der Waals surface area contributed by atoms with Gasteiger partial charge in [-0.15, -0.1) is 0 Å². The van der Waals surface area contributed by atoms with Crippen LogP contribution in [0.1, 0.15) is 34.7 Å². The smallest absolute Gasteiger partial charge is 0.273 e. The highest BCUT2D eigenvalue weighted by Crippen LogP contribution is 2.24. The molecular weight excluding hydrogens is 384 g/mol. The van der Waals surface area contributed by atoms with Crippen molar-refractivity contribution in [3.05, 3.63) is 45.7 Å². The number of sulfonamides is 1. The van der Waals surface area contributed by atoms with Crippen molar-refractivity contribution in [1.29, 1.82) is 0 Å². The van der Waals surface area contributed by atoms with Crippen molar-refractivity contribution in [2.24, 2.45) is 0 Å². The Kier molecular flexibility index (Phi) is 5.10. The van der Waals surface area contributed by atoms with Crippen molar-refractivity contribution in [3.8, 4) is 0 Å². The highest BCUT2D eigenvalue weighted by Gasteiger charge is 2.20. The number of carbonyl (C=O) groups excluding carboxylic acids is 1. The van der Waals surface area contributed by atoms with Crippen molar-refractivity contribution < 1.29 is 13.2 Å². The first kappa shape index (κ1) is 17.5. The van der Waals surface area contributed by atoms with Gasteiger partial charge in [-0.05, 0) is 41.4 Å². The summed E-state index contributed by atoms with van der Waals surface area (Å²) in [6, 6.07) is 6.49. The molecule has 2 rings (SSSR count). The minimum absolute atomic E-state index is 0.253. The number of aromatic amines is 1. The van der Waals surface area contributed by atoms with E-state index in [2.05, 4.69) is 36.2 Å². The van der Waals surface area contributed by atoms with E-state index in [0.717, 1.165) is 11.9 Å². The molecule has 0 fully saturated rings. The predicted octanol–water partition coefficient (Wildman–Crippen LogP) is 2.34. The molecule has 1 aromatic heterocycles. The minimum Gasteiger partial charge on any atom is -0.344 e. The minimum atomic E-state index is -3.40. The molecule has 0 bridgehead atoms. The van der Waals surface area contributed by atoms with Crippen LogP contribution < -0.4 is 10.0 Å². The maximum Gasteiger partial charge on any atom is 0.273 e. The van der Waals surface area contributed by atoms with E-state index in [1.165, 1.54) is 0 Å². The van der Waals surface area contributed by atoms with Gasteiger partial charge < -0.3 is 5.32 Å². The maximum atomic E-state index is 12.3. The number of aryl methyl sites for hydroxylation is 1. The van der Waals surface area contributed by atoms with Gasteiger partial charge >= 0.3 is 0 Å². The molecule has 9 heteroatoms. The lowest BCUT2D eigenvalue weighted by Gasteiger charge is -2.18. The van der Waals surface area contributed by atoms with Gasteiger partial charge in [0.15, 0.2) is 5.69 Å². The molecule has 2 aromatic rings. The third kappa shape index (κ3) is 4.32. The number of benzene rings is 1. The van der Waals surface area contributed by atoms with E-state index in [9.17, 15) is 13.2 Å². The molecule has 7 nitrogen and oxygen atoms in total. The van der Waals surface area contributed by atoms with Gasteiger partial charge in [0.2, 0.25) is 10.0 Å². The zero-order valence-electron chi connectivity index (χ0n) is 12.8. The first-order valence-corrected chi connectivity index (χ1v) is 9.45. The molecule has 0 aliphatic rings. The van der Waals surface area contributed by atoms with Gasteiger partial charge in [0.25, 0.3) is 5.91 Å². The topological polar surface area (TPSA) is 104 Å². The molecule has 1 aromatic carbocycles. The zero-order chi connectivity index (χ0) is 17.2. The summed E-state index contributed by atoms with van der Waals surface area (Å²) in [5, 5.41) is 9.48. The van der Waals surface area contributed by atoms with Crippen LogP contribution in [0.4, 0.5) is 5.69 Å². The second kappa shape index (κ2) is 6.71. The van der Waals surface area contributed by atoms with Crippen LogP contribution in [-0.2, 0) is 10.0 Å². The standard InChI is InChI=1S/C14H17BrN4O3S/c1-8(16-14(20)13-12(15)9(2)17-18-13)10-6-4-5-7-11(10)19-23(3,21)22/h4-8,19H,1-3H3,(H,16,20)(H,17,18). The van der Waals surface area contributed by atoms with Gasteiger partial charge in [-0.3, -0.25) is 14.6 Å². The third-order valence-corrected chi connectivity index (χ3v) is 4.72. The molecule has 1 heterocycles. The Hall–Kier alpha value is -1.87. The second-order valence-electron chi connectivity index (χ2n) is 5.17. The fourth-order valence-electron chi connectivity index (χ4n) is 2.08. The highest BCUT2D eigenvalue weighted by molar-refractivity contribution is 9.10. The van der Waals surface area contributed by atoms with Crippen molar-refractivity contribution >= 4 is 37.5 Å². The number of para-hydroxylation sites is 1. The molecule has 0 radical (unpaired) electrons. The van der Waals surface area contributed by atoms with Crippen LogP contribution in [0.3, 0.4) is 0 Å². The zero-order valence-corrected chi connectivity index (χ0v) is 15.2. The van der Waals surface area contributed by atoms with Gasteiger partial charge in [0.1, 0.15) is 0 Å². The summed E-state index contributed by atoms with van der Waals surface area (Å²) >= 11 is 3.30. The number of hydrogen-bond acceptors (Lipinski definition) is 4. The second-order valence-corrected chi connectivity index (χ2v) is 7.71. The number of hydrogen-bond donors (Lipinski definition) is 3. The van der Waals surface area contributed by atoms with E-state index in [0.29, 0.717) is 15.7 Å². The van der Waals surface area contributed by atoms with Crippen LogP contribution in [0.25, 0.3) is 0 Å². The van der Waals surface area contributed by atoms with Gasteiger partial charge in [0, 0.05) is 5.69 Å². The number of nitrogens with one attached hydrogen (secondary N) is 3. The summed E-state index contributed by atoms with van der Waals surface area (Å²) in [6.45, 7) is 3.57. The van der Waals surface area contributed by atoms with Crippen LogP contribution in [0, 0.1) is 6.92 Å². The molecule has 0 aliphatic heterocycles. The Bertz CT molecular complexity index is 832. The van der Waals surface area contributed by atoms with Crippen LogP contribution in [-0.4, -0.2) is 30.8 Å². The summed E-state index contributed by atoms with van der Waals surface area (Å²) in [4.78, 5) is 12.3. The summed E-state index contributed by atoms with van der Waals surface area (Å²) in [5.74, 6) is -0.358. The largest absolute Gasteiger partial charge is 0.344 e. The summed E-state index contributed by atoms with van der Waals surface area (Å²) < 4.78 is 25.9. The number of H-pyrrole nitrogens is 1. The normalized spacial score (nSPS) is 12.7. The average molecular weight is 401 g/mol. The summed E-state index contributed by atoms with van der Waals surface area (Å²) in [7, 11) is -3.40. The molecule has 0 saturated carbocycles. The molecule has 1 atom stereocenters. The molecule has 0 aliphatic carbocycles. The third-order valence-electron chi connectivity index (χ3n) is 3.16. The van der Waals surface area contributed by atoms with Crippen LogP contribution in [0.15, 0.2) is 28.7 Å². The van der Waals surface area contributed by atoms with E-state index in [4.69, 9.17) is 0 Å². The number of amides is 1. The molecule has 3 N–H and O–H groups in total. The number of nitrogens with zero attached hydrogens (tertiary/aromatic N) is 1. The molecule has 0 spiro atoms. The highest BCUT2D eigenvalue weighted by atomic mass is 79.9. The number of rotatable bonds is 5. The molecular formula is C14H17BrN4O3S. The fraction of sp³-hybridized carbons (Fsp3) is 0.286.